The van der Waals surface area contributed by atoms with Gasteiger partial charge in [0.25, 0.3) is 11.7 Å². The van der Waals surface area contributed by atoms with Gasteiger partial charge in [-0.1, -0.05) is 59.8 Å². The number of aromatic carboxylic acids is 1. The maximum atomic E-state index is 15.3. The topological polar surface area (TPSA) is 293 Å². The summed E-state index contributed by atoms with van der Waals surface area (Å²) in [4.78, 5) is 80.0. The van der Waals surface area contributed by atoms with E-state index in [0.29, 0.717) is 67.3 Å². The van der Waals surface area contributed by atoms with Crippen LogP contribution in [-0.4, -0.2) is 154 Å². The van der Waals surface area contributed by atoms with Crippen molar-refractivity contribution in [3.05, 3.63) is 91.8 Å². The fourth-order valence-corrected chi connectivity index (χ4v) is 14.2. The molecule has 23 heteroatoms. The first kappa shape index (κ1) is 65.5. The Morgan fingerprint density at radius 2 is 1.62 bits per heavy atom. The number of rotatable bonds is 8. The van der Waals surface area contributed by atoms with Gasteiger partial charge in [-0.25, -0.2) is 9.18 Å². The highest BCUT2D eigenvalue weighted by Crippen LogP contribution is 2.51. The van der Waals surface area contributed by atoms with Crippen LogP contribution in [0.1, 0.15) is 133 Å². The third kappa shape index (κ3) is 12.2. The predicted octanol–water partition coefficient (Wildman–Crippen LogP) is 7.12. The van der Waals surface area contributed by atoms with E-state index in [-0.39, 0.29) is 72.4 Å². The Labute approximate surface area is 522 Å². The smallest absolute Gasteiger partial charge is 0.341 e. The number of pyridine rings is 1. The third-order valence-corrected chi connectivity index (χ3v) is 19.4. The molecule has 1 spiro atoms. The molecule has 1 aliphatic carbocycles. The van der Waals surface area contributed by atoms with Gasteiger partial charge in [0.05, 0.1) is 58.9 Å². The van der Waals surface area contributed by atoms with Gasteiger partial charge < -0.3 is 74.2 Å². The fourth-order valence-electron chi connectivity index (χ4n) is 14.2. The Balaban J connectivity index is 0.000000254. The Morgan fingerprint density at radius 3 is 2.26 bits per heavy atom. The van der Waals surface area contributed by atoms with Crippen LogP contribution in [0, 0.1) is 48.2 Å². The van der Waals surface area contributed by atoms with Gasteiger partial charge in [0.1, 0.15) is 39.9 Å². The lowest BCUT2D eigenvalue weighted by Crippen LogP contribution is -2.46. The second-order valence-corrected chi connectivity index (χ2v) is 26.3. The van der Waals surface area contributed by atoms with Crippen molar-refractivity contribution in [3.63, 3.8) is 0 Å². The molecule has 0 radical (unpaired) electrons. The number of piperidine rings is 2. The number of hydrogen-bond acceptors (Lipinski definition) is 19. The number of ketones is 1. The minimum absolute atomic E-state index is 0.0364. The lowest BCUT2D eigenvalue weighted by atomic mass is 9.78. The highest BCUT2D eigenvalue weighted by Gasteiger charge is 2.51. The number of aromatic nitrogens is 1. The van der Waals surface area contributed by atoms with Crippen molar-refractivity contribution in [1.29, 1.82) is 0 Å². The van der Waals surface area contributed by atoms with Crippen molar-refractivity contribution in [2.24, 2.45) is 45.5 Å². The molecule has 7 aliphatic rings. The Hall–Kier alpha value is -7.44. The number of fused-ring (bicyclic) bond motifs is 3. The quantitative estimate of drug-likeness (QED) is 0.0682. The highest BCUT2D eigenvalue weighted by atomic mass is 19.1. The number of esters is 1. The number of methoxy groups -OCH3 is 2. The number of allylic oxidation sites excluding steroid dienone is 2. The van der Waals surface area contributed by atoms with Crippen LogP contribution >= 0.6 is 0 Å². The Kier molecular flexibility index (Phi) is 18.7. The summed E-state index contributed by atoms with van der Waals surface area (Å²) in [5, 5.41) is 63.2. The molecule has 90 heavy (non-hydrogen) atoms. The van der Waals surface area contributed by atoms with E-state index in [1.807, 2.05) is 4.90 Å². The summed E-state index contributed by atoms with van der Waals surface area (Å²) >= 11 is 0. The van der Waals surface area contributed by atoms with Gasteiger partial charge in [-0.05, 0) is 70.1 Å². The highest BCUT2D eigenvalue weighted by molar-refractivity contribution is 6.19. The summed E-state index contributed by atoms with van der Waals surface area (Å²) in [6.45, 7) is 21.9. The molecule has 11 atom stereocenters. The normalized spacial score (nSPS) is 29.9. The number of ether oxygens (including phenoxy) is 5. The van der Waals surface area contributed by atoms with Crippen LogP contribution in [0.3, 0.4) is 0 Å². The van der Waals surface area contributed by atoms with Crippen LogP contribution in [0.2, 0.25) is 0 Å². The molecule has 7 N–H and O–H groups in total. The number of aliphatic hydroxyl groups excluding tert-OH is 2. The van der Waals surface area contributed by atoms with Crippen LogP contribution in [0.25, 0.3) is 21.7 Å². The number of carboxylic acid groups (broad SMARTS) is 1. The van der Waals surface area contributed by atoms with E-state index < -0.39 is 100 Å². The molecular weight excluding hydrogens is 1160 g/mol. The van der Waals surface area contributed by atoms with Gasteiger partial charge in [-0.3, -0.25) is 29.2 Å². The van der Waals surface area contributed by atoms with E-state index in [2.05, 4.69) is 29.4 Å². The fraction of sp³-hybridized carbons (Fsp3) is 0.567. The van der Waals surface area contributed by atoms with Crippen molar-refractivity contribution in [2.75, 3.05) is 63.7 Å². The number of carboxylic acids is 1. The summed E-state index contributed by atoms with van der Waals surface area (Å²) in [5.41, 5.74) is -0.727. The number of carbonyl (C=O) groups is 4. The van der Waals surface area contributed by atoms with E-state index in [1.54, 1.807) is 70.4 Å². The van der Waals surface area contributed by atoms with E-state index in [1.165, 1.54) is 46.6 Å². The molecule has 11 rings (SSSR count). The van der Waals surface area contributed by atoms with Gasteiger partial charge in [0.15, 0.2) is 23.0 Å². The molecule has 1 aromatic heterocycles. The molecule has 3 aromatic carbocycles. The Morgan fingerprint density at radius 1 is 0.922 bits per heavy atom. The van der Waals surface area contributed by atoms with Crippen molar-refractivity contribution in [1.82, 2.24) is 14.8 Å². The maximum Gasteiger partial charge on any atom is 0.341 e. The van der Waals surface area contributed by atoms with E-state index in [0.717, 1.165) is 45.3 Å². The lowest BCUT2D eigenvalue weighted by Gasteiger charge is -2.38. The molecule has 3 saturated heterocycles. The van der Waals surface area contributed by atoms with Gasteiger partial charge in [0, 0.05) is 125 Å². The number of amides is 1. The molecule has 1 saturated carbocycles. The first-order valence-electron chi connectivity index (χ1n) is 31.4. The molecule has 486 valence electrons. The molecule has 22 nitrogen and oxygen atoms in total. The van der Waals surface area contributed by atoms with Crippen molar-refractivity contribution in [3.8, 4) is 23.0 Å². The van der Waals surface area contributed by atoms with Crippen molar-refractivity contribution >= 4 is 56.7 Å². The number of halogens is 1. The van der Waals surface area contributed by atoms with Crippen LogP contribution in [0.5, 0.6) is 23.0 Å². The number of likely N-dealkylation sites (tertiary alicyclic amines) is 1. The standard InChI is InChI=1S/C46H62N4O11.C21H24FN3O4/c1-22(2)21-50-18-16-46(17-19-50)48-34-31-32-39(54)28(8)42-33(31)43(56)45(10,61-42)59-20-15-30(58-11)25(5)41(60-29(9)51)27(7)38(53)26(6)37(52)23(3)13-12-14-24(4)44(57)47-36(40(32)55)35(34)49-46;1-29-20-17-13(19(26)14(21(27)28)9-25(17)12-4-5-12)7-15(22)18(20)24-8-11-3-2-6-23-16(11)10-24/h12-15,20,22-23,25-27,30,37-38,41,52-55H,16-19,21H2,1-11H3,(H,47,57);7,9,11-12,16,23H,2-6,8,10H2,1H3,(H,27,28)/b13-12-,20-15-,24-14+;/t23-,25+,26+,27-,30-,37-,38+,41-,45-;11-,16+/m00/s1. The first-order chi connectivity index (χ1) is 42.6. The number of nitrogens with zero attached hydrogens (tertiary/aromatic N) is 5. The second-order valence-electron chi connectivity index (χ2n) is 26.3. The van der Waals surface area contributed by atoms with E-state index >= 15 is 4.39 Å². The summed E-state index contributed by atoms with van der Waals surface area (Å²) in [6, 6.07) is 1.62. The number of phenolic OH excluding ortho intramolecular Hbond substituents is 2. The average molecular weight is 1250 g/mol. The number of hydrogen-bond donors (Lipinski definition) is 7. The SMILES string of the molecule is CO[C@H]1/C=C\O[C@@]2(C)Oc3c(C)c(O)c4c(O)c(c5c(c4c3C2=O)=NC2(CCN(CC(C)C)CC2)N=5)NC(=O)/C(C)=C/C=C\[C@H](C)[C@H](O)[C@@H](C)[C@@H](O)[C@H](C)[C@@H](OC(C)=O)[C@@H]1C.COc1c(N2C[C@@H]3CCCN[C@@H]3C2)c(F)cc2c(=O)c(C(=O)O)cn(C3CC3)c12. The van der Waals surface area contributed by atoms with Gasteiger partial charge >= 0.3 is 17.7 Å². The number of Topliss-reactive ketones (excluding diaryl/α,β-unsaturated/α-hetero) is 1. The molecule has 6 aliphatic heterocycles. The van der Waals surface area contributed by atoms with Gasteiger partial charge in [0.2, 0.25) is 5.43 Å². The zero-order valence-electron chi connectivity index (χ0n) is 53.4. The maximum absolute atomic E-state index is 15.3. The van der Waals surface area contributed by atoms with Crippen LogP contribution in [0.15, 0.2) is 63.2 Å². The molecule has 1 amide bonds. The molecular formula is C67H86FN7O15. The molecule has 4 aromatic rings. The number of anilines is 2. The number of aromatic hydroxyl groups is 2. The van der Waals surface area contributed by atoms with E-state index in [4.69, 9.17) is 33.7 Å². The van der Waals surface area contributed by atoms with Crippen molar-refractivity contribution in [2.45, 2.75) is 156 Å². The molecule has 4 fully saturated rings. The minimum atomic E-state index is -1.96. The predicted molar refractivity (Wildman–Crippen MR) is 334 cm³/mol. The number of aliphatic hydroxyl groups is 2. The zero-order chi connectivity index (χ0) is 65.2. The van der Waals surface area contributed by atoms with Gasteiger partial charge in [-0.15, -0.1) is 0 Å². The summed E-state index contributed by atoms with van der Waals surface area (Å²) in [7, 11) is 2.95. The number of benzene rings is 3. The summed E-state index contributed by atoms with van der Waals surface area (Å²) in [6.07, 6.45) is 10.4. The second kappa shape index (κ2) is 25.7. The lowest BCUT2D eigenvalue weighted by molar-refractivity contribution is -0.160. The average Bonchev–Trinajstić information content (AvgIpc) is 1.52. The summed E-state index contributed by atoms with van der Waals surface area (Å²) in [5.74, 6) is -7.51. The number of nitrogens with one attached hydrogen (secondary N) is 2. The molecule has 0 unspecified atom stereocenters. The third-order valence-electron chi connectivity index (χ3n) is 19.4. The number of carbonyl (C=O) groups excluding carboxylic acids is 3. The van der Waals surface area contributed by atoms with Crippen LogP contribution < -0.4 is 41.2 Å². The largest absolute Gasteiger partial charge is 0.507 e. The van der Waals surface area contributed by atoms with Gasteiger partial charge in [-0.2, -0.15) is 0 Å². The first-order valence-corrected chi connectivity index (χ1v) is 31.4. The summed E-state index contributed by atoms with van der Waals surface area (Å²) < 4.78 is 46.8. The number of phenols is 2. The van der Waals surface area contributed by atoms with Crippen LogP contribution in [0.4, 0.5) is 15.8 Å². The molecule has 7 heterocycles. The zero-order valence-corrected chi connectivity index (χ0v) is 53.4. The molecule has 4 bridgehead atoms. The minimum Gasteiger partial charge on any atom is -0.507 e. The van der Waals surface area contributed by atoms with Crippen LogP contribution in [-0.2, 0) is 23.8 Å². The monoisotopic (exact) mass is 1250 g/mol. The van der Waals surface area contributed by atoms with E-state index in [9.17, 15) is 49.5 Å². The van der Waals surface area contributed by atoms with Crippen molar-refractivity contribution < 1.29 is 72.8 Å². The Bertz CT molecular complexity index is 3800.